The maximum absolute atomic E-state index is 15.4. The van der Waals surface area contributed by atoms with Crippen LogP contribution in [0.15, 0.2) is 58.4 Å². The number of ketones is 1. The number of Topliss-reactive ketones (excluding diaryl/α,β-unsaturated/α-hetero) is 1. The molecule has 1 saturated carbocycles. The molecule has 1 amide bonds. The van der Waals surface area contributed by atoms with Gasteiger partial charge in [0.15, 0.2) is 30.6 Å². The maximum atomic E-state index is 15.4. The number of hydroxylamine groups is 2. The number of carbonyl (C=O) groups is 5. The van der Waals surface area contributed by atoms with Crippen LogP contribution in [0.25, 0.3) is 0 Å². The van der Waals surface area contributed by atoms with E-state index in [1.807, 2.05) is 26.0 Å². The summed E-state index contributed by atoms with van der Waals surface area (Å²) in [6.07, 6.45) is -0.264. The minimum Gasteiger partial charge on any atom is -0.762 e. The Kier molecular flexibility index (Phi) is 17.0. The number of ether oxygens (including phenoxy) is 9. The Morgan fingerprint density at radius 3 is 2.24 bits per heavy atom. The first kappa shape index (κ1) is 57.8. The fourth-order valence-corrected chi connectivity index (χ4v) is 14.0. The highest BCUT2D eigenvalue weighted by Gasteiger charge is 2.65. The number of hydrogen-bond acceptors (Lipinski definition) is 20. The molecular formula is C55H77N2O19-. The van der Waals surface area contributed by atoms with Crippen LogP contribution < -0.4 is 5.32 Å². The van der Waals surface area contributed by atoms with Crippen molar-refractivity contribution in [2.75, 3.05) is 7.11 Å². The van der Waals surface area contributed by atoms with E-state index in [2.05, 4.69) is 25.2 Å². The van der Waals surface area contributed by atoms with Gasteiger partial charge >= 0.3 is 18.0 Å². The first-order valence-corrected chi connectivity index (χ1v) is 26.7. The number of aliphatic hydroxyl groups excluding tert-OH is 3. The zero-order chi connectivity index (χ0) is 55.5. The summed E-state index contributed by atoms with van der Waals surface area (Å²) in [5, 5.41) is 61.1. The molecule has 0 aromatic heterocycles. The van der Waals surface area contributed by atoms with E-state index in [1.54, 1.807) is 33.8 Å². The third-order valence-corrected chi connectivity index (χ3v) is 17.9. The molecule has 22 atom stereocenters. The first-order chi connectivity index (χ1) is 35.8. The van der Waals surface area contributed by atoms with E-state index in [4.69, 9.17) is 42.6 Å². The number of nitrogens with zero attached hydrogens (tertiary/aromatic N) is 1. The van der Waals surface area contributed by atoms with Crippen molar-refractivity contribution in [2.45, 2.75) is 205 Å². The second kappa shape index (κ2) is 22.4. The third-order valence-electron chi connectivity index (χ3n) is 17.9. The lowest BCUT2D eigenvalue weighted by Gasteiger charge is -2.56. The lowest BCUT2D eigenvalue weighted by molar-refractivity contribution is -0.312. The average molecular weight is 1070 g/mol. The molecule has 21 nitrogen and oxygen atoms in total. The molecule has 5 fully saturated rings. The van der Waals surface area contributed by atoms with Crippen LogP contribution in [0.5, 0.6) is 0 Å². The Labute approximate surface area is 443 Å². The van der Waals surface area contributed by atoms with E-state index in [0.29, 0.717) is 31.1 Å². The molecule has 4 aliphatic heterocycles. The molecule has 1 spiro atoms. The number of aliphatic hydroxyl groups is 3. The summed E-state index contributed by atoms with van der Waals surface area (Å²) in [7, 11) is 1.16. The molecule has 21 heteroatoms. The highest BCUT2D eigenvalue weighted by atomic mass is 16.8. The largest absolute Gasteiger partial charge is 0.762 e. The summed E-state index contributed by atoms with van der Waals surface area (Å²) in [5.74, 6) is -6.13. The average Bonchev–Trinajstić information content (AvgIpc) is 3.75. The van der Waals surface area contributed by atoms with Crippen LogP contribution in [0.1, 0.15) is 114 Å². The van der Waals surface area contributed by atoms with Crippen molar-refractivity contribution in [3.63, 3.8) is 0 Å². The Morgan fingerprint density at radius 1 is 0.882 bits per heavy atom. The van der Waals surface area contributed by atoms with Gasteiger partial charge in [-0.15, -0.1) is 0 Å². The normalized spacial score (nSPS) is 46.2. The van der Waals surface area contributed by atoms with Gasteiger partial charge in [0, 0.05) is 49.9 Å². The number of rotatable bonds is 10. The van der Waals surface area contributed by atoms with Gasteiger partial charge in [-0.2, -0.15) is 0 Å². The highest BCUT2D eigenvalue weighted by Crippen LogP contribution is 2.61. The number of fused-ring (bicyclic) bond motifs is 4. The smallest absolute Gasteiger partial charge is 0.407 e. The van der Waals surface area contributed by atoms with Gasteiger partial charge < -0.3 is 73.7 Å². The molecule has 4 saturated heterocycles. The summed E-state index contributed by atoms with van der Waals surface area (Å²) in [4.78, 5) is 67.2. The van der Waals surface area contributed by atoms with Gasteiger partial charge in [-0.25, -0.2) is 9.59 Å². The van der Waals surface area contributed by atoms with E-state index in [-0.39, 0.29) is 41.9 Å². The number of esters is 2. The monoisotopic (exact) mass is 1070 g/mol. The van der Waals surface area contributed by atoms with Gasteiger partial charge in [-0.3, -0.25) is 19.6 Å². The fourth-order valence-electron chi connectivity index (χ4n) is 14.0. The van der Waals surface area contributed by atoms with Gasteiger partial charge in [0.2, 0.25) is 5.78 Å². The van der Waals surface area contributed by atoms with Crippen molar-refractivity contribution >= 4 is 30.1 Å². The van der Waals surface area contributed by atoms with Gasteiger partial charge in [0.05, 0.1) is 67.3 Å². The minimum absolute atomic E-state index is 0.0156. The summed E-state index contributed by atoms with van der Waals surface area (Å²) in [5.41, 5.74) is -4.61. The van der Waals surface area contributed by atoms with E-state index < -0.39 is 162 Å². The Hall–Kier alpha value is -4.39. The quantitative estimate of drug-likeness (QED) is 0.0452. The predicted octanol–water partition coefficient (Wildman–Crippen LogP) is 5.48. The zero-order valence-corrected chi connectivity index (χ0v) is 45.2. The zero-order valence-electron chi connectivity index (χ0n) is 45.2. The SMILES string of the molecule is COC(=O)N[C@@H]1[C@@H](C)O[C@@H](O[C@@H]2C/C=C(/C)[C@@H]3C=C[C@@H]4[C@@H](O[C@H]5C[C@H](O[C@@H]6CC[C@H](O)[C@@H](C)O6)[C@H](OC(C)=O)[C@@H](C)O5)[C@H](C)C[C@H](C)[C@@H]4[C@@]3(C)C(O)=C3C(=O)O[C@]4(CC(C=O)=C[C@H](O)[C@@H]4/C=C/2C)C3=O)C[C@]1(C)N([O-])O. The van der Waals surface area contributed by atoms with Gasteiger partial charge in [0.25, 0.3) is 0 Å². The van der Waals surface area contributed by atoms with E-state index in [1.165, 1.54) is 19.9 Å². The first-order valence-electron chi connectivity index (χ1n) is 26.7. The predicted molar refractivity (Wildman–Crippen MR) is 267 cm³/mol. The van der Waals surface area contributed by atoms with Gasteiger partial charge in [-0.1, -0.05) is 50.6 Å². The molecule has 4 aliphatic carbocycles. The fraction of sp³-hybridized carbons (Fsp3) is 0.727. The Morgan fingerprint density at radius 2 is 1.58 bits per heavy atom. The van der Waals surface area contributed by atoms with Crippen molar-refractivity contribution in [3.05, 3.63) is 63.6 Å². The van der Waals surface area contributed by atoms with Crippen LogP contribution in [0.3, 0.4) is 0 Å². The number of nitrogens with one attached hydrogen (secondary N) is 1. The van der Waals surface area contributed by atoms with Crippen LogP contribution >= 0.6 is 0 Å². The Balaban J connectivity index is 1.19. The van der Waals surface area contributed by atoms with E-state index >= 15 is 4.79 Å². The number of amides is 1. The minimum atomic E-state index is -2.17. The molecule has 4 heterocycles. The van der Waals surface area contributed by atoms with E-state index in [0.717, 1.165) is 12.7 Å². The van der Waals surface area contributed by atoms with Crippen molar-refractivity contribution in [1.82, 2.24) is 10.5 Å². The summed E-state index contributed by atoms with van der Waals surface area (Å²) >= 11 is 0. The molecule has 0 radical (unpaired) electrons. The molecule has 0 aromatic rings. The molecule has 0 aromatic carbocycles. The van der Waals surface area contributed by atoms with Crippen molar-refractivity contribution in [3.8, 4) is 0 Å². The Bertz CT molecular complexity index is 2400. The van der Waals surface area contributed by atoms with Crippen LogP contribution in [0, 0.1) is 46.1 Å². The van der Waals surface area contributed by atoms with Gasteiger partial charge in [0.1, 0.15) is 23.7 Å². The van der Waals surface area contributed by atoms with Crippen LogP contribution in [0.2, 0.25) is 0 Å². The number of allylic oxidation sites excluding steroid dienone is 3. The molecule has 8 rings (SSSR count). The number of methoxy groups -OCH3 is 1. The third kappa shape index (κ3) is 10.6. The maximum Gasteiger partial charge on any atom is 0.407 e. The lowest BCUT2D eigenvalue weighted by atomic mass is 9.49. The molecular weight excluding hydrogens is 993 g/mol. The second-order valence-electron chi connectivity index (χ2n) is 23.0. The summed E-state index contributed by atoms with van der Waals surface area (Å²) in [6, 6.07) is -1.05. The summed E-state index contributed by atoms with van der Waals surface area (Å²) in [6.45, 7) is 17.5. The molecule has 8 aliphatic rings. The molecule has 2 bridgehead atoms. The number of carbonyl (C=O) groups excluding carboxylic acids is 5. The second-order valence-corrected chi connectivity index (χ2v) is 23.0. The number of aldehydes is 1. The van der Waals surface area contributed by atoms with Crippen molar-refractivity contribution < 1.29 is 87.1 Å². The molecule has 5 N–H and O–H groups in total. The number of alkyl carbamates (subject to hydrolysis) is 1. The lowest BCUT2D eigenvalue weighted by Crippen LogP contribution is -2.67. The van der Waals surface area contributed by atoms with Crippen LogP contribution in [0.4, 0.5) is 4.79 Å². The summed E-state index contributed by atoms with van der Waals surface area (Å²) < 4.78 is 55.7. The standard InChI is InChI=1S/C55H77N2O19/c1-25-12-16-39(73-43-23-53(9,57(66)67)48(31(7)71-43)56-52(65)68-11)26(2)19-36-38(61)20-33(24-58)22-55(36)50(63)44(51(64)76-55)49(62)54(10)35(25)14-13-34-45(54)27(3)18-28(4)46(34)75-42-21-40(47(30(6)70-42)72-32(8)59)74-41-17-15-37(60)29(5)69-41/h12-14,19-20,24,27-31,34-43,45-48,60-62,66H,15-18,21-23H2,1-11H3,(H,56,65)/q-1/b25-12-,26-19+,49-44?/t27-,28+,29+,30+,31+,34-,35-,36-,37-,38-,39+,40-,41+,42-,43-,45-,46-,47+,48+,53-,54-,55-/m0/s1. The van der Waals surface area contributed by atoms with Gasteiger partial charge in [-0.05, 0) is 95.8 Å². The molecule has 0 unspecified atom stereocenters. The topological polar surface area (TPSA) is 288 Å². The van der Waals surface area contributed by atoms with E-state index in [9.17, 15) is 44.9 Å². The highest BCUT2D eigenvalue weighted by molar-refractivity contribution is 6.26. The van der Waals surface area contributed by atoms with Crippen molar-refractivity contribution in [1.29, 1.82) is 0 Å². The molecule has 76 heavy (non-hydrogen) atoms. The van der Waals surface area contributed by atoms with Crippen molar-refractivity contribution in [2.24, 2.45) is 40.9 Å². The molecule has 422 valence electrons. The van der Waals surface area contributed by atoms with Crippen LogP contribution in [-0.4, -0.2) is 154 Å². The van der Waals surface area contributed by atoms with Crippen LogP contribution in [-0.2, 0) is 61.8 Å². The number of hydrogen-bond donors (Lipinski definition) is 5.